The maximum absolute atomic E-state index is 6.09. The minimum absolute atomic E-state index is 0.410. The number of hydrogen-bond acceptors (Lipinski definition) is 4. The van der Waals surface area contributed by atoms with E-state index >= 15 is 0 Å². The zero-order valence-electron chi connectivity index (χ0n) is 8.98. The molecule has 15 heavy (non-hydrogen) atoms. The van der Waals surface area contributed by atoms with Crippen LogP contribution < -0.4 is 11.1 Å². The van der Waals surface area contributed by atoms with Gasteiger partial charge >= 0.3 is 0 Å². The summed E-state index contributed by atoms with van der Waals surface area (Å²) < 4.78 is 0. The lowest BCUT2D eigenvalue weighted by Crippen LogP contribution is -2.39. The Balaban J connectivity index is 1.68. The minimum Gasteiger partial charge on any atom is -0.327 e. The topological polar surface area (TPSA) is 50.9 Å². The van der Waals surface area contributed by atoms with Gasteiger partial charge in [-0.2, -0.15) is 0 Å². The third kappa shape index (κ3) is 3.26. The smallest absolute Gasteiger partial charge is 0.0794 e. The number of hydrogen-bond donors (Lipinski definition) is 2. The summed E-state index contributed by atoms with van der Waals surface area (Å²) in [5.41, 5.74) is 7.97. The second kappa shape index (κ2) is 5.58. The number of nitrogens with one attached hydrogen (secondary N) is 1. The quantitative estimate of drug-likeness (QED) is 0.821. The van der Waals surface area contributed by atoms with Crippen molar-refractivity contribution in [3.63, 3.8) is 0 Å². The maximum atomic E-state index is 6.09. The highest BCUT2D eigenvalue weighted by Gasteiger charge is 2.20. The van der Waals surface area contributed by atoms with Gasteiger partial charge in [-0.3, -0.25) is 4.98 Å². The highest BCUT2D eigenvalue weighted by atomic mass is 32.1. The normalized spacial score (nSPS) is 26.7. The van der Waals surface area contributed by atoms with Crippen LogP contribution in [0.1, 0.15) is 30.6 Å². The van der Waals surface area contributed by atoms with E-state index in [0.717, 1.165) is 13.1 Å². The van der Waals surface area contributed by atoms with Gasteiger partial charge in [0.15, 0.2) is 0 Å². The van der Waals surface area contributed by atoms with E-state index in [4.69, 9.17) is 5.73 Å². The van der Waals surface area contributed by atoms with Crippen molar-refractivity contribution in [2.75, 3.05) is 6.54 Å². The Morgan fingerprint density at radius 3 is 3.07 bits per heavy atom. The number of nitrogens with zero attached hydrogens (tertiary/aromatic N) is 1. The van der Waals surface area contributed by atoms with Gasteiger partial charge in [-0.15, -0.1) is 11.3 Å². The molecule has 3 N–H and O–H groups in total. The standard InChI is InChI=1S/C11H19N3S/c12-11-4-2-1-3-9(11)5-13-6-10-7-14-8-15-10/h7-9,11,13H,1-6,12H2. The molecule has 0 spiro atoms. The number of rotatable bonds is 4. The summed E-state index contributed by atoms with van der Waals surface area (Å²) >= 11 is 1.71. The van der Waals surface area contributed by atoms with Gasteiger partial charge in [0.05, 0.1) is 5.51 Å². The molecule has 0 aromatic carbocycles. The van der Waals surface area contributed by atoms with Crippen LogP contribution in [-0.4, -0.2) is 17.6 Å². The summed E-state index contributed by atoms with van der Waals surface area (Å²) in [5, 5.41) is 3.48. The van der Waals surface area contributed by atoms with Crippen LogP contribution in [0.3, 0.4) is 0 Å². The van der Waals surface area contributed by atoms with E-state index in [1.54, 1.807) is 11.3 Å². The van der Waals surface area contributed by atoms with E-state index in [2.05, 4.69) is 10.3 Å². The third-order valence-corrected chi connectivity index (χ3v) is 3.94. The number of nitrogens with two attached hydrogens (primary N) is 1. The molecule has 0 radical (unpaired) electrons. The number of thiazole rings is 1. The Morgan fingerprint density at radius 2 is 2.33 bits per heavy atom. The molecule has 1 aromatic heterocycles. The molecular formula is C11H19N3S. The molecule has 1 aliphatic rings. The fraction of sp³-hybridized carbons (Fsp3) is 0.727. The van der Waals surface area contributed by atoms with Crippen LogP contribution in [0.4, 0.5) is 0 Å². The first kappa shape index (κ1) is 11.0. The summed E-state index contributed by atoms with van der Waals surface area (Å²) in [7, 11) is 0. The molecule has 2 atom stereocenters. The molecule has 2 unspecified atom stereocenters. The Morgan fingerprint density at radius 1 is 1.47 bits per heavy atom. The lowest BCUT2D eigenvalue weighted by molar-refractivity contribution is 0.296. The second-order valence-corrected chi connectivity index (χ2v) is 5.28. The lowest BCUT2D eigenvalue weighted by atomic mass is 9.85. The van der Waals surface area contributed by atoms with E-state index in [-0.39, 0.29) is 0 Å². The van der Waals surface area contributed by atoms with Gasteiger partial charge in [-0.1, -0.05) is 12.8 Å². The van der Waals surface area contributed by atoms with Crippen molar-refractivity contribution in [2.45, 2.75) is 38.3 Å². The molecule has 1 heterocycles. The molecule has 1 fully saturated rings. The van der Waals surface area contributed by atoms with Gasteiger partial charge in [0.2, 0.25) is 0 Å². The second-order valence-electron chi connectivity index (χ2n) is 4.31. The van der Waals surface area contributed by atoms with E-state index in [0.29, 0.717) is 12.0 Å². The average molecular weight is 225 g/mol. The summed E-state index contributed by atoms with van der Waals surface area (Å²) in [4.78, 5) is 5.36. The highest BCUT2D eigenvalue weighted by molar-refractivity contribution is 7.09. The number of aromatic nitrogens is 1. The fourth-order valence-electron chi connectivity index (χ4n) is 2.20. The first-order valence-corrected chi connectivity index (χ1v) is 6.58. The van der Waals surface area contributed by atoms with Gasteiger partial charge < -0.3 is 11.1 Å². The molecule has 0 amide bonds. The zero-order chi connectivity index (χ0) is 10.5. The van der Waals surface area contributed by atoms with Gasteiger partial charge in [-0.25, -0.2) is 0 Å². The van der Waals surface area contributed by atoms with Crippen LogP contribution >= 0.6 is 11.3 Å². The van der Waals surface area contributed by atoms with Gasteiger partial charge in [0, 0.05) is 23.7 Å². The first-order chi connectivity index (χ1) is 7.36. The maximum Gasteiger partial charge on any atom is 0.0794 e. The van der Waals surface area contributed by atoms with Gasteiger partial charge in [0.25, 0.3) is 0 Å². The fourth-order valence-corrected chi connectivity index (χ4v) is 2.76. The molecule has 3 nitrogen and oxygen atoms in total. The lowest BCUT2D eigenvalue weighted by Gasteiger charge is -2.28. The monoisotopic (exact) mass is 225 g/mol. The predicted octanol–water partition coefficient (Wildman–Crippen LogP) is 1.75. The van der Waals surface area contributed by atoms with Crippen LogP contribution in [0.2, 0.25) is 0 Å². The van der Waals surface area contributed by atoms with Crippen molar-refractivity contribution < 1.29 is 0 Å². The van der Waals surface area contributed by atoms with E-state index in [9.17, 15) is 0 Å². The third-order valence-electron chi connectivity index (χ3n) is 3.16. The molecular weight excluding hydrogens is 206 g/mol. The highest BCUT2D eigenvalue weighted by Crippen LogP contribution is 2.22. The molecule has 0 bridgehead atoms. The minimum atomic E-state index is 0.410. The average Bonchev–Trinajstić information content (AvgIpc) is 2.74. The van der Waals surface area contributed by atoms with Gasteiger partial charge in [0.1, 0.15) is 0 Å². The van der Waals surface area contributed by atoms with Crippen molar-refractivity contribution >= 4 is 11.3 Å². The van der Waals surface area contributed by atoms with Gasteiger partial charge in [-0.05, 0) is 25.3 Å². The van der Waals surface area contributed by atoms with E-state index in [1.165, 1.54) is 30.6 Å². The molecule has 4 heteroatoms. The Kier molecular flexibility index (Phi) is 4.11. The summed E-state index contributed by atoms with van der Waals surface area (Å²) in [6, 6.07) is 0.410. The molecule has 1 aliphatic carbocycles. The van der Waals surface area contributed by atoms with Crippen LogP contribution in [0.5, 0.6) is 0 Å². The molecule has 1 saturated carbocycles. The van der Waals surface area contributed by atoms with Crippen molar-refractivity contribution in [3.05, 3.63) is 16.6 Å². The van der Waals surface area contributed by atoms with Crippen LogP contribution in [0, 0.1) is 5.92 Å². The van der Waals surface area contributed by atoms with Crippen molar-refractivity contribution in [2.24, 2.45) is 11.7 Å². The van der Waals surface area contributed by atoms with Crippen molar-refractivity contribution in [1.82, 2.24) is 10.3 Å². The van der Waals surface area contributed by atoms with Crippen LogP contribution in [0.15, 0.2) is 11.7 Å². The summed E-state index contributed by atoms with van der Waals surface area (Å²) in [6.45, 7) is 1.99. The van der Waals surface area contributed by atoms with Crippen molar-refractivity contribution in [1.29, 1.82) is 0 Å². The molecule has 2 rings (SSSR count). The van der Waals surface area contributed by atoms with E-state index < -0.39 is 0 Å². The molecule has 0 aliphatic heterocycles. The van der Waals surface area contributed by atoms with Crippen LogP contribution in [-0.2, 0) is 6.54 Å². The Hall–Kier alpha value is -0.450. The molecule has 1 aromatic rings. The molecule has 84 valence electrons. The summed E-state index contributed by atoms with van der Waals surface area (Å²) in [6.07, 6.45) is 7.08. The SMILES string of the molecule is NC1CCCCC1CNCc1cncs1. The largest absolute Gasteiger partial charge is 0.327 e. The van der Waals surface area contributed by atoms with Crippen LogP contribution in [0.25, 0.3) is 0 Å². The molecule has 0 saturated heterocycles. The Bertz CT molecular complexity index is 273. The Labute approximate surface area is 95.1 Å². The van der Waals surface area contributed by atoms with E-state index in [1.807, 2.05) is 11.7 Å². The predicted molar refractivity (Wildman–Crippen MR) is 63.8 cm³/mol. The zero-order valence-corrected chi connectivity index (χ0v) is 9.80. The van der Waals surface area contributed by atoms with Crippen molar-refractivity contribution in [3.8, 4) is 0 Å². The summed E-state index contributed by atoms with van der Waals surface area (Å²) in [5.74, 6) is 0.673. The first-order valence-electron chi connectivity index (χ1n) is 5.70.